The van der Waals surface area contributed by atoms with E-state index in [9.17, 15) is 4.79 Å². The second kappa shape index (κ2) is 6.16. The van der Waals surface area contributed by atoms with Crippen molar-refractivity contribution in [2.24, 2.45) is 5.84 Å². The second-order valence-corrected chi connectivity index (χ2v) is 4.62. The molecule has 0 aromatic carbocycles. The first-order chi connectivity index (χ1) is 9.60. The topological polar surface area (TPSA) is 97.9 Å². The van der Waals surface area contributed by atoms with Crippen LogP contribution in [0.4, 0.5) is 5.69 Å². The van der Waals surface area contributed by atoms with Crippen LogP contribution < -0.4 is 16.6 Å². The van der Waals surface area contributed by atoms with Gasteiger partial charge in [-0.2, -0.15) is 5.10 Å². The molecule has 2 aromatic heterocycles. The summed E-state index contributed by atoms with van der Waals surface area (Å²) in [6.07, 6.45) is 5.07. The zero-order valence-electron chi connectivity index (χ0n) is 11.5. The van der Waals surface area contributed by atoms with E-state index in [1.165, 1.54) is 6.20 Å². The van der Waals surface area contributed by atoms with Gasteiger partial charge in [0, 0.05) is 30.3 Å². The van der Waals surface area contributed by atoms with Crippen molar-refractivity contribution in [1.29, 1.82) is 0 Å². The van der Waals surface area contributed by atoms with Crippen molar-refractivity contribution in [3.8, 4) is 0 Å². The number of nitrogens with one attached hydrogen (secondary N) is 2. The van der Waals surface area contributed by atoms with E-state index in [4.69, 9.17) is 5.84 Å². The molecule has 106 valence electrons. The quantitative estimate of drug-likeness (QED) is 0.550. The molecule has 0 fully saturated rings. The molecule has 1 atom stereocenters. The lowest BCUT2D eigenvalue weighted by molar-refractivity contribution is 0.0936. The van der Waals surface area contributed by atoms with Crippen molar-refractivity contribution in [3.63, 3.8) is 0 Å². The third kappa shape index (κ3) is 3.33. The van der Waals surface area contributed by atoms with E-state index < -0.39 is 0 Å². The fraction of sp³-hybridized carbons (Fsp3) is 0.308. The number of aryl methyl sites for hydroxylation is 1. The minimum Gasteiger partial charge on any atom is -0.348 e. The molecule has 0 aliphatic carbocycles. The first-order valence-electron chi connectivity index (χ1n) is 6.31. The molecule has 4 N–H and O–H groups in total. The van der Waals surface area contributed by atoms with Gasteiger partial charge in [-0.05, 0) is 26.0 Å². The summed E-state index contributed by atoms with van der Waals surface area (Å²) in [7, 11) is 0. The minimum atomic E-state index is -0.217. The summed E-state index contributed by atoms with van der Waals surface area (Å²) in [5, 5.41) is 7.00. The van der Waals surface area contributed by atoms with Gasteiger partial charge in [0.1, 0.15) is 0 Å². The predicted octanol–water partition coefficient (Wildman–Crippen LogP) is 0.691. The molecule has 7 nitrogen and oxygen atoms in total. The van der Waals surface area contributed by atoms with Crippen molar-refractivity contribution < 1.29 is 4.79 Å². The normalized spacial score (nSPS) is 11.9. The maximum atomic E-state index is 12.2. The van der Waals surface area contributed by atoms with Gasteiger partial charge in [0.2, 0.25) is 0 Å². The highest BCUT2D eigenvalue weighted by Crippen LogP contribution is 2.14. The fourth-order valence-electron chi connectivity index (χ4n) is 1.90. The van der Waals surface area contributed by atoms with Gasteiger partial charge in [-0.15, -0.1) is 0 Å². The summed E-state index contributed by atoms with van der Waals surface area (Å²) < 4.78 is 1.76. The Morgan fingerprint density at radius 2 is 2.35 bits per heavy atom. The average molecular weight is 274 g/mol. The second-order valence-electron chi connectivity index (χ2n) is 4.62. The molecule has 0 radical (unpaired) electrons. The Balaban J connectivity index is 2.04. The highest BCUT2D eigenvalue weighted by atomic mass is 16.1. The van der Waals surface area contributed by atoms with E-state index in [1.807, 2.05) is 26.1 Å². The standard InChI is InChI=1S/C13H18N6O/c1-9-6-12(18-14)11(7-15-9)13(20)17-10(2)8-19-5-3-4-16-19/h3-7,10H,8,14H2,1-2H3,(H,15,18)(H,17,20). The van der Waals surface area contributed by atoms with Gasteiger partial charge in [0.25, 0.3) is 5.91 Å². The van der Waals surface area contributed by atoms with Gasteiger partial charge < -0.3 is 10.7 Å². The number of rotatable bonds is 5. The molecule has 2 rings (SSSR count). The van der Waals surface area contributed by atoms with Crippen molar-refractivity contribution in [1.82, 2.24) is 20.1 Å². The molecule has 2 aromatic rings. The first kappa shape index (κ1) is 14.0. The van der Waals surface area contributed by atoms with E-state index >= 15 is 0 Å². The van der Waals surface area contributed by atoms with Crippen LogP contribution in [-0.2, 0) is 6.54 Å². The van der Waals surface area contributed by atoms with Crippen LogP contribution >= 0.6 is 0 Å². The molecule has 1 amide bonds. The number of carbonyl (C=O) groups excluding carboxylic acids is 1. The van der Waals surface area contributed by atoms with Crippen LogP contribution in [0.15, 0.2) is 30.7 Å². The van der Waals surface area contributed by atoms with E-state index in [1.54, 1.807) is 16.9 Å². The van der Waals surface area contributed by atoms with Crippen molar-refractivity contribution >= 4 is 11.6 Å². The number of aromatic nitrogens is 3. The Labute approximate surface area is 117 Å². The van der Waals surface area contributed by atoms with Crippen LogP contribution in [0, 0.1) is 6.92 Å². The molecule has 0 saturated carbocycles. The Bertz CT molecular complexity index is 581. The van der Waals surface area contributed by atoms with Gasteiger partial charge in [-0.1, -0.05) is 0 Å². The van der Waals surface area contributed by atoms with E-state index in [0.717, 1.165) is 5.69 Å². The van der Waals surface area contributed by atoms with E-state index in [2.05, 4.69) is 20.8 Å². The van der Waals surface area contributed by atoms with Crippen molar-refractivity contribution in [2.45, 2.75) is 26.4 Å². The van der Waals surface area contributed by atoms with Gasteiger partial charge in [-0.25, -0.2) is 0 Å². The molecular formula is C13H18N6O. The van der Waals surface area contributed by atoms with Crippen molar-refractivity contribution in [2.75, 3.05) is 5.43 Å². The van der Waals surface area contributed by atoms with Crippen LogP contribution in [0.5, 0.6) is 0 Å². The van der Waals surface area contributed by atoms with Gasteiger partial charge >= 0.3 is 0 Å². The number of pyridine rings is 1. The van der Waals surface area contributed by atoms with Crippen LogP contribution in [0.3, 0.4) is 0 Å². The summed E-state index contributed by atoms with van der Waals surface area (Å²) in [5.74, 6) is 5.21. The first-order valence-corrected chi connectivity index (χ1v) is 6.31. The van der Waals surface area contributed by atoms with Gasteiger partial charge in [0.15, 0.2) is 0 Å². The Hall–Kier alpha value is -2.41. The molecule has 0 spiro atoms. The highest BCUT2D eigenvalue weighted by Gasteiger charge is 2.14. The summed E-state index contributed by atoms with van der Waals surface area (Å²) >= 11 is 0. The number of nitrogens with two attached hydrogens (primary N) is 1. The molecule has 7 heteroatoms. The van der Waals surface area contributed by atoms with Gasteiger partial charge in [0.05, 0.1) is 17.8 Å². The summed E-state index contributed by atoms with van der Waals surface area (Å²) in [5.41, 5.74) is 4.29. The van der Waals surface area contributed by atoms with E-state index in [0.29, 0.717) is 17.8 Å². The number of nitrogens with zero attached hydrogens (tertiary/aromatic N) is 3. The average Bonchev–Trinajstić information content (AvgIpc) is 2.90. The summed E-state index contributed by atoms with van der Waals surface area (Å²) in [4.78, 5) is 16.3. The minimum absolute atomic E-state index is 0.0608. The molecule has 1 unspecified atom stereocenters. The summed E-state index contributed by atoms with van der Waals surface area (Å²) in [6, 6.07) is 3.51. The number of hydrogen-bond acceptors (Lipinski definition) is 5. The monoisotopic (exact) mass is 274 g/mol. The molecular weight excluding hydrogens is 256 g/mol. The van der Waals surface area contributed by atoms with E-state index in [-0.39, 0.29) is 11.9 Å². The number of hydrazine groups is 1. The molecule has 2 heterocycles. The Morgan fingerprint density at radius 1 is 1.55 bits per heavy atom. The Morgan fingerprint density at radius 3 is 3.00 bits per heavy atom. The van der Waals surface area contributed by atoms with Crippen LogP contribution in [-0.4, -0.2) is 26.7 Å². The lowest BCUT2D eigenvalue weighted by Crippen LogP contribution is -2.36. The third-order valence-electron chi connectivity index (χ3n) is 2.84. The lowest BCUT2D eigenvalue weighted by Gasteiger charge is -2.15. The molecule has 0 aliphatic rings. The third-order valence-corrected chi connectivity index (χ3v) is 2.84. The molecule has 0 bridgehead atoms. The van der Waals surface area contributed by atoms with Crippen molar-refractivity contribution in [3.05, 3.63) is 42.0 Å². The largest absolute Gasteiger partial charge is 0.348 e. The summed E-state index contributed by atoms with van der Waals surface area (Å²) in [6.45, 7) is 4.35. The lowest BCUT2D eigenvalue weighted by atomic mass is 10.2. The maximum absolute atomic E-state index is 12.2. The van der Waals surface area contributed by atoms with Crippen LogP contribution in [0.25, 0.3) is 0 Å². The predicted molar refractivity (Wildman–Crippen MR) is 75.9 cm³/mol. The molecule has 0 aliphatic heterocycles. The molecule has 0 saturated heterocycles. The maximum Gasteiger partial charge on any atom is 0.255 e. The SMILES string of the molecule is Cc1cc(NN)c(C(=O)NC(C)Cn2cccn2)cn1. The van der Waals surface area contributed by atoms with Crippen LogP contribution in [0.2, 0.25) is 0 Å². The zero-order valence-corrected chi connectivity index (χ0v) is 11.5. The highest BCUT2D eigenvalue weighted by molar-refractivity contribution is 5.99. The number of nitrogen functional groups attached to an aromatic ring is 1. The van der Waals surface area contributed by atoms with Gasteiger partial charge in [-0.3, -0.25) is 20.3 Å². The number of hydrogen-bond donors (Lipinski definition) is 3. The van der Waals surface area contributed by atoms with Crippen LogP contribution in [0.1, 0.15) is 23.0 Å². The number of carbonyl (C=O) groups is 1. The smallest absolute Gasteiger partial charge is 0.255 e. The molecule has 20 heavy (non-hydrogen) atoms. The number of anilines is 1. The fourth-order valence-corrected chi connectivity index (χ4v) is 1.90. The zero-order chi connectivity index (χ0) is 14.5. The Kier molecular flexibility index (Phi) is 4.31. The number of amides is 1.